The molecule has 2 heterocycles. The molecule has 0 spiro atoms. The summed E-state index contributed by atoms with van der Waals surface area (Å²) in [6.07, 6.45) is 2.26. The van der Waals surface area contributed by atoms with Crippen LogP contribution in [-0.4, -0.2) is 28.6 Å². The van der Waals surface area contributed by atoms with Gasteiger partial charge in [-0.25, -0.2) is 4.98 Å². The zero-order valence-corrected chi connectivity index (χ0v) is 19.9. The minimum atomic E-state index is 0.0718. The van der Waals surface area contributed by atoms with Crippen molar-refractivity contribution in [3.05, 3.63) is 89.7 Å². The molecule has 5 heteroatoms. The van der Waals surface area contributed by atoms with Gasteiger partial charge in [0, 0.05) is 31.1 Å². The van der Waals surface area contributed by atoms with Crippen LogP contribution in [0.2, 0.25) is 0 Å². The Balaban J connectivity index is 1.36. The molecule has 5 nitrogen and oxygen atoms in total. The summed E-state index contributed by atoms with van der Waals surface area (Å²) in [7, 11) is 0. The average Bonchev–Trinajstić information content (AvgIpc) is 3.42. The molecule has 3 aromatic carbocycles. The van der Waals surface area contributed by atoms with Crippen LogP contribution in [0.15, 0.2) is 72.8 Å². The van der Waals surface area contributed by atoms with Crippen molar-refractivity contribution in [3.63, 3.8) is 0 Å². The van der Waals surface area contributed by atoms with Gasteiger partial charge in [0.05, 0.1) is 17.6 Å². The minimum absolute atomic E-state index is 0.0718. The normalized spacial score (nSPS) is 15.9. The Morgan fingerprint density at radius 1 is 1.03 bits per heavy atom. The van der Waals surface area contributed by atoms with Gasteiger partial charge in [-0.15, -0.1) is 0 Å². The van der Waals surface area contributed by atoms with E-state index in [9.17, 15) is 4.79 Å². The Hall–Kier alpha value is -3.60. The van der Waals surface area contributed by atoms with Crippen molar-refractivity contribution in [3.8, 4) is 5.75 Å². The number of imidazole rings is 1. The van der Waals surface area contributed by atoms with Crippen LogP contribution in [0, 0.1) is 6.92 Å². The summed E-state index contributed by atoms with van der Waals surface area (Å²) < 4.78 is 8.28. The largest absolute Gasteiger partial charge is 0.494 e. The van der Waals surface area contributed by atoms with Crippen LogP contribution >= 0.6 is 0 Å². The van der Waals surface area contributed by atoms with E-state index in [2.05, 4.69) is 60.9 Å². The van der Waals surface area contributed by atoms with E-state index in [1.54, 1.807) is 0 Å². The van der Waals surface area contributed by atoms with E-state index in [1.807, 2.05) is 35.2 Å². The van der Waals surface area contributed by atoms with Crippen LogP contribution in [0.1, 0.15) is 42.6 Å². The van der Waals surface area contributed by atoms with Crippen LogP contribution in [0.3, 0.4) is 0 Å². The quantitative estimate of drug-likeness (QED) is 0.312. The number of amides is 1. The summed E-state index contributed by atoms with van der Waals surface area (Å²) >= 11 is 0. The number of ether oxygens (including phenoxy) is 1. The standard InChI is InChI=1S/C29H31N3O2/c1-3-22-11-4-6-14-26(22)32-20-23(19-28(32)33)29-30-25-13-5-7-15-27(25)31(29)16-9-17-34-24-12-8-10-21(2)18-24/h4-8,10-15,18,23H,3,9,16-17,19-20H2,1-2H3/t23-/m0/s1. The van der Waals surface area contributed by atoms with Gasteiger partial charge in [0.1, 0.15) is 11.6 Å². The summed E-state index contributed by atoms with van der Waals surface area (Å²) in [4.78, 5) is 20.0. The van der Waals surface area contributed by atoms with Crippen molar-refractivity contribution >= 4 is 22.6 Å². The molecule has 174 valence electrons. The lowest BCUT2D eigenvalue weighted by Crippen LogP contribution is -2.25. The molecule has 5 rings (SSSR count). The predicted octanol–water partition coefficient (Wildman–Crippen LogP) is 5.90. The highest BCUT2D eigenvalue weighted by atomic mass is 16.5. The number of carbonyl (C=O) groups is 1. The second-order valence-electron chi connectivity index (χ2n) is 9.02. The Labute approximate surface area is 201 Å². The van der Waals surface area contributed by atoms with Crippen molar-refractivity contribution < 1.29 is 9.53 Å². The van der Waals surface area contributed by atoms with Gasteiger partial charge in [0.25, 0.3) is 0 Å². The van der Waals surface area contributed by atoms with E-state index >= 15 is 0 Å². The van der Waals surface area contributed by atoms with E-state index in [0.29, 0.717) is 19.6 Å². The lowest BCUT2D eigenvalue weighted by molar-refractivity contribution is -0.117. The number of hydrogen-bond acceptors (Lipinski definition) is 3. The van der Waals surface area contributed by atoms with Crippen molar-refractivity contribution in [1.29, 1.82) is 0 Å². The lowest BCUT2D eigenvalue weighted by Gasteiger charge is -2.20. The second-order valence-corrected chi connectivity index (χ2v) is 9.02. The smallest absolute Gasteiger partial charge is 0.227 e. The minimum Gasteiger partial charge on any atom is -0.494 e. The molecule has 0 saturated carbocycles. The van der Waals surface area contributed by atoms with Gasteiger partial charge in [0.15, 0.2) is 0 Å². The third kappa shape index (κ3) is 4.43. The molecule has 4 aromatic rings. The number of aryl methyl sites for hydroxylation is 3. The summed E-state index contributed by atoms with van der Waals surface area (Å²) in [6, 6.07) is 24.6. The zero-order chi connectivity index (χ0) is 23.5. The number of aromatic nitrogens is 2. The van der Waals surface area contributed by atoms with E-state index in [-0.39, 0.29) is 11.8 Å². The third-order valence-corrected chi connectivity index (χ3v) is 6.62. The molecule has 34 heavy (non-hydrogen) atoms. The topological polar surface area (TPSA) is 47.4 Å². The molecule has 1 amide bonds. The number of rotatable bonds is 8. The van der Waals surface area contributed by atoms with E-state index in [4.69, 9.17) is 9.72 Å². The van der Waals surface area contributed by atoms with Crippen LogP contribution in [-0.2, 0) is 17.8 Å². The Morgan fingerprint density at radius 3 is 2.71 bits per heavy atom. The van der Waals surface area contributed by atoms with Crippen LogP contribution < -0.4 is 9.64 Å². The van der Waals surface area contributed by atoms with Crippen molar-refractivity contribution in [2.24, 2.45) is 0 Å². The first-order chi connectivity index (χ1) is 16.6. The first-order valence-electron chi connectivity index (χ1n) is 12.2. The zero-order valence-electron chi connectivity index (χ0n) is 19.9. The third-order valence-electron chi connectivity index (χ3n) is 6.62. The highest BCUT2D eigenvalue weighted by Crippen LogP contribution is 2.34. The maximum absolute atomic E-state index is 13.1. The van der Waals surface area contributed by atoms with E-state index in [0.717, 1.165) is 47.7 Å². The number of benzene rings is 3. The Morgan fingerprint density at radius 2 is 1.85 bits per heavy atom. The predicted molar refractivity (Wildman–Crippen MR) is 137 cm³/mol. The van der Waals surface area contributed by atoms with Crippen molar-refractivity contribution in [1.82, 2.24) is 9.55 Å². The fraction of sp³-hybridized carbons (Fsp3) is 0.310. The molecule has 1 saturated heterocycles. The average molecular weight is 454 g/mol. The lowest BCUT2D eigenvalue weighted by atomic mass is 10.1. The summed E-state index contributed by atoms with van der Waals surface area (Å²) in [6.45, 7) is 6.31. The van der Waals surface area contributed by atoms with E-state index in [1.165, 1.54) is 11.1 Å². The molecule has 0 radical (unpaired) electrons. The van der Waals surface area contributed by atoms with E-state index < -0.39 is 0 Å². The highest BCUT2D eigenvalue weighted by Gasteiger charge is 2.35. The summed E-state index contributed by atoms with van der Waals surface area (Å²) in [5.74, 6) is 2.15. The number of para-hydroxylation sites is 3. The summed E-state index contributed by atoms with van der Waals surface area (Å²) in [5.41, 5.74) is 5.54. The maximum Gasteiger partial charge on any atom is 0.227 e. The number of anilines is 1. The Kier molecular flexibility index (Phi) is 6.35. The molecular weight excluding hydrogens is 422 g/mol. The van der Waals surface area contributed by atoms with Crippen LogP contribution in [0.25, 0.3) is 11.0 Å². The molecule has 0 bridgehead atoms. The Bertz CT molecular complexity index is 1310. The number of nitrogens with zero attached hydrogens (tertiary/aromatic N) is 3. The molecule has 0 unspecified atom stereocenters. The van der Waals surface area contributed by atoms with Gasteiger partial charge >= 0.3 is 0 Å². The molecule has 1 fully saturated rings. The highest BCUT2D eigenvalue weighted by molar-refractivity contribution is 5.97. The molecule has 0 N–H and O–H groups in total. The molecular formula is C29H31N3O2. The molecule has 1 aromatic heterocycles. The number of carbonyl (C=O) groups excluding carboxylic acids is 1. The molecule has 1 aliphatic rings. The second kappa shape index (κ2) is 9.72. The summed E-state index contributed by atoms with van der Waals surface area (Å²) in [5, 5.41) is 0. The van der Waals surface area contributed by atoms with Gasteiger partial charge in [-0.1, -0.05) is 49.4 Å². The SMILES string of the molecule is CCc1ccccc1N1C[C@@H](c2nc3ccccc3n2CCCOc2cccc(C)c2)CC1=O. The molecule has 0 aliphatic carbocycles. The number of fused-ring (bicyclic) bond motifs is 1. The van der Waals surface area contributed by atoms with Crippen LogP contribution in [0.4, 0.5) is 5.69 Å². The maximum atomic E-state index is 13.1. The molecule has 1 atom stereocenters. The monoisotopic (exact) mass is 453 g/mol. The van der Waals surface area contributed by atoms with Gasteiger partial charge in [-0.05, 0) is 61.2 Å². The van der Waals surface area contributed by atoms with Crippen molar-refractivity contribution in [2.75, 3.05) is 18.1 Å². The molecule has 1 aliphatic heterocycles. The van der Waals surface area contributed by atoms with Gasteiger partial charge in [-0.2, -0.15) is 0 Å². The van der Waals surface area contributed by atoms with Gasteiger partial charge in [0.2, 0.25) is 5.91 Å². The number of hydrogen-bond donors (Lipinski definition) is 0. The fourth-order valence-electron chi connectivity index (χ4n) is 4.95. The van der Waals surface area contributed by atoms with Gasteiger partial charge in [-0.3, -0.25) is 4.79 Å². The first kappa shape index (κ1) is 22.2. The van der Waals surface area contributed by atoms with Crippen molar-refractivity contribution in [2.45, 2.75) is 45.6 Å². The fourth-order valence-corrected chi connectivity index (χ4v) is 4.95. The van der Waals surface area contributed by atoms with Crippen LogP contribution in [0.5, 0.6) is 5.75 Å². The van der Waals surface area contributed by atoms with Gasteiger partial charge < -0.3 is 14.2 Å². The first-order valence-corrected chi connectivity index (χ1v) is 12.2.